The first-order valence-corrected chi connectivity index (χ1v) is 6.65. The summed E-state index contributed by atoms with van der Waals surface area (Å²) in [5.74, 6) is 0.504. The number of aryl methyl sites for hydroxylation is 1. The quantitative estimate of drug-likeness (QED) is 0.803. The normalized spacial score (nSPS) is 23.2. The molecule has 1 aromatic rings. The van der Waals surface area contributed by atoms with Crippen LogP contribution in [0.25, 0.3) is 0 Å². The van der Waals surface area contributed by atoms with Crippen molar-refractivity contribution < 1.29 is 4.79 Å². The summed E-state index contributed by atoms with van der Waals surface area (Å²) in [4.78, 5) is 11.8. The molecule has 1 aliphatic rings. The number of hydrogen-bond donors (Lipinski definition) is 2. The molecule has 5 heteroatoms. The van der Waals surface area contributed by atoms with Gasteiger partial charge in [0.25, 0.3) is 0 Å². The number of aromatic nitrogens is 2. The molecule has 1 fully saturated rings. The van der Waals surface area contributed by atoms with Gasteiger partial charge in [-0.3, -0.25) is 9.48 Å². The van der Waals surface area contributed by atoms with Crippen LogP contribution in [0.1, 0.15) is 31.2 Å². The maximum atomic E-state index is 11.8. The van der Waals surface area contributed by atoms with Crippen LogP contribution in [0.2, 0.25) is 0 Å². The third kappa shape index (κ3) is 3.57. The van der Waals surface area contributed by atoms with Gasteiger partial charge in [0.15, 0.2) is 0 Å². The molecule has 1 aromatic heterocycles. The molecule has 2 rings (SSSR count). The van der Waals surface area contributed by atoms with Gasteiger partial charge in [0.05, 0.1) is 6.20 Å². The summed E-state index contributed by atoms with van der Waals surface area (Å²) < 4.78 is 1.77. The highest BCUT2D eigenvalue weighted by Crippen LogP contribution is 2.26. The summed E-state index contributed by atoms with van der Waals surface area (Å²) >= 11 is 0. The number of carbonyl (C=O) groups is 1. The summed E-state index contributed by atoms with van der Waals surface area (Å²) in [6.45, 7) is 0.673. The smallest absolute Gasteiger partial charge is 0.220 e. The Labute approximate surface area is 108 Å². The molecule has 1 amide bonds. The van der Waals surface area contributed by atoms with Crippen LogP contribution in [0, 0.1) is 5.92 Å². The molecule has 1 saturated carbocycles. The molecule has 1 aliphatic carbocycles. The highest BCUT2D eigenvalue weighted by atomic mass is 16.1. The van der Waals surface area contributed by atoms with Crippen molar-refractivity contribution in [2.24, 2.45) is 18.7 Å². The fourth-order valence-corrected chi connectivity index (χ4v) is 2.58. The second kappa shape index (κ2) is 6.00. The van der Waals surface area contributed by atoms with Crippen molar-refractivity contribution >= 4 is 5.91 Å². The van der Waals surface area contributed by atoms with E-state index in [4.69, 9.17) is 5.73 Å². The van der Waals surface area contributed by atoms with Crippen molar-refractivity contribution in [1.82, 2.24) is 15.1 Å². The number of hydrogen-bond acceptors (Lipinski definition) is 3. The maximum Gasteiger partial charge on any atom is 0.220 e. The van der Waals surface area contributed by atoms with E-state index < -0.39 is 0 Å². The van der Waals surface area contributed by atoms with Crippen LogP contribution >= 0.6 is 0 Å². The maximum absolute atomic E-state index is 11.8. The lowest BCUT2D eigenvalue weighted by atomic mass is 10.00. The van der Waals surface area contributed by atoms with Crippen molar-refractivity contribution in [3.8, 4) is 0 Å². The van der Waals surface area contributed by atoms with Gasteiger partial charge in [0, 0.05) is 32.3 Å². The molecule has 100 valence electrons. The van der Waals surface area contributed by atoms with Crippen LogP contribution in [0.3, 0.4) is 0 Å². The molecular weight excluding hydrogens is 228 g/mol. The number of nitrogens with one attached hydrogen (secondary N) is 1. The van der Waals surface area contributed by atoms with E-state index >= 15 is 0 Å². The molecule has 0 saturated heterocycles. The number of nitrogens with two attached hydrogens (primary N) is 1. The highest BCUT2D eigenvalue weighted by molar-refractivity contribution is 5.76. The monoisotopic (exact) mass is 250 g/mol. The largest absolute Gasteiger partial charge is 0.356 e. The Morgan fingerprint density at radius 1 is 1.61 bits per heavy atom. The Morgan fingerprint density at radius 3 is 3.06 bits per heavy atom. The third-order valence-electron chi connectivity index (χ3n) is 3.66. The Balaban J connectivity index is 1.65. The molecule has 3 N–H and O–H groups in total. The molecular formula is C13H22N4O. The van der Waals surface area contributed by atoms with Crippen molar-refractivity contribution in [3.05, 3.63) is 18.0 Å². The molecule has 0 aromatic carbocycles. The van der Waals surface area contributed by atoms with Gasteiger partial charge in [-0.1, -0.05) is 6.42 Å². The molecule has 1 heterocycles. The van der Waals surface area contributed by atoms with Crippen LogP contribution in [-0.4, -0.2) is 28.3 Å². The van der Waals surface area contributed by atoms with E-state index in [0.717, 1.165) is 31.2 Å². The average Bonchev–Trinajstić information content (AvgIpc) is 2.89. The predicted molar refractivity (Wildman–Crippen MR) is 69.9 cm³/mol. The van der Waals surface area contributed by atoms with Gasteiger partial charge in [0.2, 0.25) is 5.91 Å². The summed E-state index contributed by atoms with van der Waals surface area (Å²) in [6, 6.07) is 0.217. The summed E-state index contributed by atoms with van der Waals surface area (Å²) in [6.07, 6.45) is 8.53. The fraction of sp³-hybridized carbons (Fsp3) is 0.692. The van der Waals surface area contributed by atoms with Crippen molar-refractivity contribution in [2.45, 2.75) is 38.1 Å². The molecule has 2 atom stereocenters. The van der Waals surface area contributed by atoms with E-state index in [1.807, 2.05) is 19.4 Å². The first kappa shape index (κ1) is 13.1. The second-order valence-corrected chi connectivity index (χ2v) is 5.18. The SMILES string of the molecule is Cn1cc(CCNC(=O)C[C@@H]2CCC[C@H]2N)cn1. The van der Waals surface area contributed by atoms with Crippen molar-refractivity contribution in [3.63, 3.8) is 0 Å². The molecule has 0 aliphatic heterocycles. The minimum atomic E-state index is 0.126. The van der Waals surface area contributed by atoms with Crippen LogP contribution in [0.15, 0.2) is 12.4 Å². The first-order chi connectivity index (χ1) is 8.65. The molecule has 0 bridgehead atoms. The van der Waals surface area contributed by atoms with Gasteiger partial charge >= 0.3 is 0 Å². The number of rotatable bonds is 5. The topological polar surface area (TPSA) is 72.9 Å². The van der Waals surface area contributed by atoms with E-state index in [9.17, 15) is 4.79 Å². The van der Waals surface area contributed by atoms with Gasteiger partial charge in [-0.15, -0.1) is 0 Å². The highest BCUT2D eigenvalue weighted by Gasteiger charge is 2.25. The number of carbonyl (C=O) groups excluding carboxylic acids is 1. The Kier molecular flexibility index (Phi) is 4.36. The standard InChI is InChI=1S/C13H22N4O/c1-17-9-10(8-16-17)5-6-15-13(18)7-11-3-2-4-12(11)14/h8-9,11-12H,2-7,14H2,1H3,(H,15,18)/t11-,12+/m0/s1. The van der Waals surface area contributed by atoms with Crippen LogP contribution in [-0.2, 0) is 18.3 Å². The van der Waals surface area contributed by atoms with Crippen LogP contribution in [0.4, 0.5) is 0 Å². The van der Waals surface area contributed by atoms with Gasteiger partial charge in [-0.2, -0.15) is 5.10 Å². The minimum absolute atomic E-state index is 0.126. The first-order valence-electron chi connectivity index (χ1n) is 6.65. The van der Waals surface area contributed by atoms with E-state index in [0.29, 0.717) is 18.9 Å². The van der Waals surface area contributed by atoms with E-state index in [1.54, 1.807) is 4.68 Å². The number of amides is 1. The Bertz CT molecular complexity index is 401. The Hall–Kier alpha value is -1.36. The van der Waals surface area contributed by atoms with E-state index in [2.05, 4.69) is 10.4 Å². The zero-order chi connectivity index (χ0) is 13.0. The Morgan fingerprint density at radius 2 is 2.44 bits per heavy atom. The molecule has 18 heavy (non-hydrogen) atoms. The molecule has 0 spiro atoms. The fourth-order valence-electron chi connectivity index (χ4n) is 2.58. The van der Waals surface area contributed by atoms with Crippen LogP contribution in [0.5, 0.6) is 0 Å². The molecule has 0 unspecified atom stereocenters. The van der Waals surface area contributed by atoms with Gasteiger partial charge in [-0.05, 0) is 30.7 Å². The summed E-state index contributed by atoms with van der Waals surface area (Å²) in [5, 5.41) is 7.05. The van der Waals surface area contributed by atoms with E-state index in [1.165, 1.54) is 0 Å². The number of nitrogens with zero attached hydrogens (tertiary/aromatic N) is 2. The van der Waals surface area contributed by atoms with Gasteiger partial charge < -0.3 is 11.1 Å². The van der Waals surface area contributed by atoms with Crippen molar-refractivity contribution in [2.75, 3.05) is 6.54 Å². The molecule has 5 nitrogen and oxygen atoms in total. The second-order valence-electron chi connectivity index (χ2n) is 5.18. The summed E-state index contributed by atoms with van der Waals surface area (Å²) in [7, 11) is 1.89. The van der Waals surface area contributed by atoms with E-state index in [-0.39, 0.29) is 11.9 Å². The predicted octanol–water partition coefficient (Wildman–Crippen LogP) is 0.596. The zero-order valence-corrected chi connectivity index (χ0v) is 10.9. The summed E-state index contributed by atoms with van der Waals surface area (Å²) in [5.41, 5.74) is 7.11. The van der Waals surface area contributed by atoms with Crippen molar-refractivity contribution in [1.29, 1.82) is 0 Å². The lowest BCUT2D eigenvalue weighted by Crippen LogP contribution is -2.32. The average molecular weight is 250 g/mol. The lowest BCUT2D eigenvalue weighted by Gasteiger charge is -2.14. The van der Waals surface area contributed by atoms with Gasteiger partial charge in [0.1, 0.15) is 0 Å². The third-order valence-corrected chi connectivity index (χ3v) is 3.66. The zero-order valence-electron chi connectivity index (χ0n) is 10.9. The lowest BCUT2D eigenvalue weighted by molar-refractivity contribution is -0.122. The van der Waals surface area contributed by atoms with Gasteiger partial charge in [-0.25, -0.2) is 0 Å². The van der Waals surface area contributed by atoms with Crippen LogP contribution < -0.4 is 11.1 Å². The molecule has 0 radical (unpaired) electrons. The minimum Gasteiger partial charge on any atom is -0.356 e.